The van der Waals surface area contributed by atoms with E-state index in [-0.39, 0.29) is 5.91 Å². The maximum absolute atomic E-state index is 12.2. The first kappa shape index (κ1) is 11.7. The van der Waals surface area contributed by atoms with Crippen molar-refractivity contribution in [1.82, 2.24) is 5.06 Å². The highest BCUT2D eigenvalue weighted by atomic mass is 16.7. The Kier molecular flexibility index (Phi) is 3.49. The molecule has 17 heavy (non-hydrogen) atoms. The van der Waals surface area contributed by atoms with Crippen LogP contribution in [0.4, 0.5) is 0 Å². The van der Waals surface area contributed by atoms with Crippen LogP contribution in [0.25, 0.3) is 0 Å². The van der Waals surface area contributed by atoms with Crippen LogP contribution in [0.5, 0.6) is 11.5 Å². The fourth-order valence-corrected chi connectivity index (χ4v) is 1.79. The van der Waals surface area contributed by atoms with Gasteiger partial charge >= 0.3 is 0 Å². The van der Waals surface area contributed by atoms with Crippen LogP contribution in [-0.2, 0) is 4.84 Å². The number of hydrogen-bond donors (Lipinski definition) is 0. The number of methoxy groups -OCH3 is 2. The highest BCUT2D eigenvalue weighted by Gasteiger charge is 2.26. The molecule has 1 aliphatic rings. The first-order valence-electron chi connectivity index (χ1n) is 5.43. The normalized spacial score (nSPS) is 14.8. The number of carbonyl (C=O) groups is 1. The molecule has 0 N–H and O–H groups in total. The highest BCUT2D eigenvalue weighted by Crippen LogP contribution is 2.30. The van der Waals surface area contributed by atoms with Crippen molar-refractivity contribution in [3.63, 3.8) is 0 Å². The zero-order valence-corrected chi connectivity index (χ0v) is 9.93. The Hall–Kier alpha value is -1.75. The van der Waals surface area contributed by atoms with Gasteiger partial charge in [-0.2, -0.15) is 0 Å². The van der Waals surface area contributed by atoms with Crippen molar-refractivity contribution >= 4 is 5.91 Å². The first-order valence-corrected chi connectivity index (χ1v) is 5.43. The number of carbonyl (C=O) groups excluding carboxylic acids is 1. The van der Waals surface area contributed by atoms with Gasteiger partial charge in [-0.3, -0.25) is 9.63 Å². The maximum atomic E-state index is 12.2. The van der Waals surface area contributed by atoms with Crippen LogP contribution in [0.2, 0.25) is 0 Å². The molecular formula is C12H15NO4. The van der Waals surface area contributed by atoms with Gasteiger partial charge < -0.3 is 9.47 Å². The summed E-state index contributed by atoms with van der Waals surface area (Å²) >= 11 is 0. The summed E-state index contributed by atoms with van der Waals surface area (Å²) in [6, 6.07) is 5.23. The molecule has 0 spiro atoms. The number of hydroxylamine groups is 2. The predicted octanol–water partition coefficient (Wildman–Crippen LogP) is 1.48. The lowest BCUT2D eigenvalue weighted by Crippen LogP contribution is -2.27. The van der Waals surface area contributed by atoms with Gasteiger partial charge in [-0.25, -0.2) is 5.06 Å². The van der Waals surface area contributed by atoms with Crippen LogP contribution in [0, 0.1) is 0 Å². The van der Waals surface area contributed by atoms with Crippen LogP contribution in [0.3, 0.4) is 0 Å². The topological polar surface area (TPSA) is 48.0 Å². The molecule has 5 nitrogen and oxygen atoms in total. The number of benzene rings is 1. The van der Waals surface area contributed by atoms with Crippen molar-refractivity contribution < 1.29 is 19.1 Å². The minimum absolute atomic E-state index is 0.225. The average Bonchev–Trinajstić information content (AvgIpc) is 2.90. The van der Waals surface area contributed by atoms with Crippen molar-refractivity contribution in [3.05, 3.63) is 23.8 Å². The van der Waals surface area contributed by atoms with Crippen molar-refractivity contribution in [3.8, 4) is 11.5 Å². The minimum atomic E-state index is -0.225. The summed E-state index contributed by atoms with van der Waals surface area (Å²) in [4.78, 5) is 17.5. The number of rotatable bonds is 3. The second-order valence-electron chi connectivity index (χ2n) is 3.63. The first-order chi connectivity index (χ1) is 8.27. The third kappa shape index (κ3) is 2.19. The number of hydrogen-bond acceptors (Lipinski definition) is 4. The number of ether oxygens (including phenoxy) is 2. The van der Waals surface area contributed by atoms with Crippen molar-refractivity contribution in [2.75, 3.05) is 27.4 Å². The van der Waals surface area contributed by atoms with Gasteiger partial charge in [0.05, 0.1) is 27.4 Å². The quantitative estimate of drug-likeness (QED) is 0.799. The van der Waals surface area contributed by atoms with E-state index < -0.39 is 0 Å². The summed E-state index contributed by atoms with van der Waals surface area (Å²) in [7, 11) is 3.05. The lowest BCUT2D eigenvalue weighted by molar-refractivity contribution is -0.0771. The summed E-state index contributed by atoms with van der Waals surface area (Å²) in [5.74, 6) is 0.756. The van der Waals surface area contributed by atoms with Crippen LogP contribution in [0.15, 0.2) is 18.2 Å². The largest absolute Gasteiger partial charge is 0.496 e. The maximum Gasteiger partial charge on any atom is 0.284 e. The molecule has 0 radical (unpaired) electrons. The Balaban J connectivity index is 2.37. The van der Waals surface area contributed by atoms with Gasteiger partial charge in [0.1, 0.15) is 17.1 Å². The van der Waals surface area contributed by atoms with Crippen molar-refractivity contribution in [2.24, 2.45) is 0 Å². The van der Waals surface area contributed by atoms with Gasteiger partial charge in [0, 0.05) is 0 Å². The monoisotopic (exact) mass is 237 g/mol. The van der Waals surface area contributed by atoms with Gasteiger partial charge in [0.2, 0.25) is 0 Å². The summed E-state index contributed by atoms with van der Waals surface area (Å²) in [6.07, 6.45) is 0.850. The van der Waals surface area contributed by atoms with Crippen molar-refractivity contribution in [2.45, 2.75) is 6.42 Å². The molecule has 1 amide bonds. The van der Waals surface area contributed by atoms with Gasteiger partial charge in [0.25, 0.3) is 5.91 Å². The molecule has 0 aromatic heterocycles. The lowest BCUT2D eigenvalue weighted by atomic mass is 10.1. The lowest BCUT2D eigenvalue weighted by Gasteiger charge is -2.17. The molecule has 0 bridgehead atoms. The van der Waals surface area contributed by atoms with E-state index in [1.165, 1.54) is 19.3 Å². The molecule has 5 heteroatoms. The Bertz CT molecular complexity index is 391. The van der Waals surface area contributed by atoms with E-state index in [1.807, 2.05) is 0 Å². The second-order valence-corrected chi connectivity index (χ2v) is 3.63. The summed E-state index contributed by atoms with van der Waals surface area (Å²) < 4.78 is 10.4. The van der Waals surface area contributed by atoms with E-state index >= 15 is 0 Å². The predicted molar refractivity (Wildman–Crippen MR) is 61.2 cm³/mol. The Morgan fingerprint density at radius 3 is 2.41 bits per heavy atom. The molecule has 1 aromatic carbocycles. The van der Waals surface area contributed by atoms with E-state index in [2.05, 4.69) is 0 Å². The molecule has 2 rings (SSSR count). The third-order valence-corrected chi connectivity index (χ3v) is 2.62. The number of nitrogens with zero attached hydrogens (tertiary/aromatic N) is 1. The molecule has 0 saturated carbocycles. The molecule has 1 aliphatic heterocycles. The van der Waals surface area contributed by atoms with E-state index in [1.54, 1.807) is 18.2 Å². The Morgan fingerprint density at radius 2 is 1.94 bits per heavy atom. The summed E-state index contributed by atoms with van der Waals surface area (Å²) in [5, 5.41) is 1.35. The van der Waals surface area contributed by atoms with Gasteiger partial charge in [-0.15, -0.1) is 0 Å². The van der Waals surface area contributed by atoms with Gasteiger partial charge in [0.15, 0.2) is 0 Å². The molecular weight excluding hydrogens is 222 g/mol. The third-order valence-electron chi connectivity index (χ3n) is 2.62. The van der Waals surface area contributed by atoms with Crippen LogP contribution in [0.1, 0.15) is 16.8 Å². The van der Waals surface area contributed by atoms with Gasteiger partial charge in [-0.05, 0) is 18.6 Å². The van der Waals surface area contributed by atoms with Crippen LogP contribution < -0.4 is 9.47 Å². The fourth-order valence-electron chi connectivity index (χ4n) is 1.79. The SMILES string of the molecule is COc1cccc(OC)c1C(=O)N1CCCO1. The Labute approximate surface area is 99.8 Å². The molecule has 92 valence electrons. The smallest absolute Gasteiger partial charge is 0.284 e. The van der Waals surface area contributed by atoms with Crippen LogP contribution in [-0.4, -0.2) is 38.3 Å². The molecule has 1 heterocycles. The zero-order valence-electron chi connectivity index (χ0n) is 9.93. The minimum Gasteiger partial charge on any atom is -0.496 e. The second kappa shape index (κ2) is 5.05. The molecule has 0 unspecified atom stereocenters. The standard InChI is InChI=1S/C12H15NO4/c1-15-9-5-3-6-10(16-2)11(9)12(14)13-7-4-8-17-13/h3,5-6H,4,7-8H2,1-2H3. The average molecular weight is 237 g/mol. The fraction of sp³-hybridized carbons (Fsp3) is 0.417. The highest BCUT2D eigenvalue weighted by molar-refractivity contribution is 5.99. The Morgan fingerprint density at radius 1 is 1.29 bits per heavy atom. The molecule has 0 atom stereocenters. The van der Waals surface area contributed by atoms with E-state index in [4.69, 9.17) is 14.3 Å². The van der Waals surface area contributed by atoms with Crippen LogP contribution >= 0.6 is 0 Å². The molecule has 1 saturated heterocycles. The molecule has 1 aromatic rings. The van der Waals surface area contributed by atoms with Gasteiger partial charge in [-0.1, -0.05) is 6.07 Å². The van der Waals surface area contributed by atoms with Crippen molar-refractivity contribution in [1.29, 1.82) is 0 Å². The van der Waals surface area contributed by atoms with E-state index in [0.717, 1.165) is 6.42 Å². The molecule has 1 fully saturated rings. The van der Waals surface area contributed by atoms with E-state index in [9.17, 15) is 4.79 Å². The molecule has 0 aliphatic carbocycles. The zero-order chi connectivity index (χ0) is 12.3. The number of amides is 1. The summed E-state index contributed by atoms with van der Waals surface area (Å²) in [5.41, 5.74) is 0.402. The summed E-state index contributed by atoms with van der Waals surface area (Å²) in [6.45, 7) is 1.17. The van der Waals surface area contributed by atoms with E-state index in [0.29, 0.717) is 30.2 Å².